The quantitative estimate of drug-likeness (QED) is 0.761. The Labute approximate surface area is 100 Å². The van der Waals surface area contributed by atoms with E-state index in [0.717, 1.165) is 0 Å². The molecule has 1 aromatic carbocycles. The van der Waals surface area contributed by atoms with Gasteiger partial charge in [-0.1, -0.05) is 6.92 Å². The van der Waals surface area contributed by atoms with E-state index >= 15 is 0 Å². The van der Waals surface area contributed by atoms with Gasteiger partial charge in [-0.05, 0) is 18.2 Å². The highest BCUT2D eigenvalue weighted by molar-refractivity contribution is 7.91. The molecule has 17 heavy (non-hydrogen) atoms. The first-order chi connectivity index (χ1) is 7.96. The summed E-state index contributed by atoms with van der Waals surface area (Å²) in [4.78, 5) is 11.5. The average Bonchev–Trinajstić information content (AvgIpc) is 2.36. The molecule has 0 saturated carbocycles. The number of hydrogen-bond donors (Lipinski definition) is 0. The van der Waals surface area contributed by atoms with Crippen LogP contribution in [0.5, 0.6) is 5.75 Å². The summed E-state index contributed by atoms with van der Waals surface area (Å²) in [6.45, 7) is 1.54. The summed E-state index contributed by atoms with van der Waals surface area (Å²) in [5.74, 6) is -0.373. The molecule has 0 radical (unpaired) electrons. The van der Waals surface area contributed by atoms with Gasteiger partial charge in [-0.3, -0.25) is 0 Å². The van der Waals surface area contributed by atoms with Crippen molar-refractivity contribution in [3.63, 3.8) is 0 Å². The van der Waals surface area contributed by atoms with Crippen LogP contribution in [0.1, 0.15) is 17.3 Å². The first kappa shape index (κ1) is 13.5. The van der Waals surface area contributed by atoms with Crippen LogP contribution in [-0.4, -0.2) is 34.4 Å². The minimum absolute atomic E-state index is 0.0278. The van der Waals surface area contributed by atoms with Crippen molar-refractivity contribution in [2.45, 2.75) is 11.8 Å². The number of esters is 1. The Balaban J connectivity index is 3.37. The number of carbonyl (C=O) groups is 1. The molecule has 94 valence electrons. The Bertz CT molecular complexity index is 519. The van der Waals surface area contributed by atoms with Crippen LogP contribution < -0.4 is 4.74 Å². The molecule has 0 bridgehead atoms. The van der Waals surface area contributed by atoms with Crippen molar-refractivity contribution in [1.29, 1.82) is 0 Å². The van der Waals surface area contributed by atoms with Gasteiger partial charge in [0.15, 0.2) is 9.84 Å². The lowest BCUT2D eigenvalue weighted by atomic mass is 10.2. The Morgan fingerprint density at radius 2 is 1.94 bits per heavy atom. The maximum atomic E-state index is 11.7. The van der Waals surface area contributed by atoms with E-state index in [0.29, 0.717) is 0 Å². The molecule has 1 aromatic rings. The number of carbonyl (C=O) groups excluding carboxylic acids is 1. The van der Waals surface area contributed by atoms with Gasteiger partial charge in [0, 0.05) is 0 Å². The van der Waals surface area contributed by atoms with E-state index in [1.54, 1.807) is 0 Å². The van der Waals surface area contributed by atoms with Gasteiger partial charge in [0.25, 0.3) is 0 Å². The second-order valence-electron chi connectivity index (χ2n) is 3.26. The standard InChI is InChI=1S/C11H14O5S/c1-4-17(13,14)8-5-6-10(15-2)9(7-8)11(12)16-3/h5-7H,4H2,1-3H3. The smallest absolute Gasteiger partial charge is 0.341 e. The lowest BCUT2D eigenvalue weighted by Gasteiger charge is -2.09. The Morgan fingerprint density at radius 3 is 2.41 bits per heavy atom. The van der Waals surface area contributed by atoms with E-state index in [4.69, 9.17) is 4.74 Å². The van der Waals surface area contributed by atoms with E-state index < -0.39 is 15.8 Å². The normalized spacial score (nSPS) is 11.0. The summed E-state index contributed by atoms with van der Waals surface area (Å²) in [5.41, 5.74) is 0.101. The number of methoxy groups -OCH3 is 2. The molecule has 1 rings (SSSR count). The van der Waals surface area contributed by atoms with Crippen LogP contribution in [0.15, 0.2) is 23.1 Å². The number of rotatable bonds is 4. The molecule has 0 aliphatic heterocycles. The van der Waals surface area contributed by atoms with Crippen LogP contribution in [0.3, 0.4) is 0 Å². The van der Waals surface area contributed by atoms with E-state index in [2.05, 4.69) is 4.74 Å². The van der Waals surface area contributed by atoms with Gasteiger partial charge in [0.05, 0.1) is 24.9 Å². The fourth-order valence-electron chi connectivity index (χ4n) is 1.32. The van der Waals surface area contributed by atoms with Gasteiger partial charge in [-0.2, -0.15) is 0 Å². The summed E-state index contributed by atoms with van der Waals surface area (Å²) < 4.78 is 32.9. The molecule has 0 aliphatic carbocycles. The van der Waals surface area contributed by atoms with Crippen LogP contribution in [0.4, 0.5) is 0 Å². The molecule has 6 heteroatoms. The van der Waals surface area contributed by atoms with Gasteiger partial charge < -0.3 is 9.47 Å². The highest BCUT2D eigenvalue weighted by Crippen LogP contribution is 2.23. The molecular formula is C11H14O5S. The topological polar surface area (TPSA) is 69.7 Å². The molecule has 0 atom stereocenters. The number of ether oxygens (including phenoxy) is 2. The summed E-state index contributed by atoms with van der Waals surface area (Å²) in [5, 5.41) is 0. The van der Waals surface area contributed by atoms with Crippen molar-refractivity contribution in [3.05, 3.63) is 23.8 Å². The molecule has 0 unspecified atom stereocenters. The minimum atomic E-state index is -3.35. The molecule has 0 fully saturated rings. The predicted molar refractivity (Wildman–Crippen MR) is 62.1 cm³/mol. The van der Waals surface area contributed by atoms with Crippen LogP contribution in [0.25, 0.3) is 0 Å². The lowest BCUT2D eigenvalue weighted by molar-refractivity contribution is 0.0597. The van der Waals surface area contributed by atoms with Crippen LogP contribution >= 0.6 is 0 Å². The third kappa shape index (κ3) is 2.76. The molecule has 5 nitrogen and oxygen atoms in total. The third-order valence-corrected chi connectivity index (χ3v) is 4.05. The zero-order chi connectivity index (χ0) is 13.1. The molecular weight excluding hydrogens is 244 g/mol. The van der Waals surface area contributed by atoms with Gasteiger partial charge in [-0.25, -0.2) is 13.2 Å². The van der Waals surface area contributed by atoms with E-state index in [9.17, 15) is 13.2 Å². The lowest BCUT2D eigenvalue weighted by Crippen LogP contribution is -2.08. The Kier molecular flexibility index (Phi) is 4.11. The fraction of sp³-hybridized carbons (Fsp3) is 0.364. The van der Waals surface area contributed by atoms with Gasteiger partial charge in [-0.15, -0.1) is 0 Å². The van der Waals surface area contributed by atoms with Gasteiger partial charge in [0.2, 0.25) is 0 Å². The van der Waals surface area contributed by atoms with E-state index in [-0.39, 0.29) is 22.0 Å². The first-order valence-corrected chi connectivity index (χ1v) is 6.60. The SMILES string of the molecule is CCS(=O)(=O)c1ccc(OC)c(C(=O)OC)c1. The number of benzene rings is 1. The zero-order valence-electron chi connectivity index (χ0n) is 9.89. The first-order valence-electron chi connectivity index (χ1n) is 4.95. The molecule has 0 aromatic heterocycles. The molecule has 0 aliphatic rings. The van der Waals surface area contributed by atoms with Crippen LogP contribution in [0, 0.1) is 0 Å². The molecule has 0 N–H and O–H groups in total. The molecule has 0 spiro atoms. The van der Waals surface area contributed by atoms with Crippen molar-refractivity contribution >= 4 is 15.8 Å². The maximum absolute atomic E-state index is 11.7. The third-order valence-electron chi connectivity index (χ3n) is 2.32. The fourth-order valence-corrected chi connectivity index (χ4v) is 2.22. The summed E-state index contributed by atoms with van der Waals surface area (Å²) in [7, 11) is -0.727. The Morgan fingerprint density at radius 1 is 1.29 bits per heavy atom. The van der Waals surface area contributed by atoms with E-state index in [1.807, 2.05) is 0 Å². The molecule has 0 saturated heterocycles. The van der Waals surface area contributed by atoms with Crippen molar-refractivity contribution < 1.29 is 22.7 Å². The predicted octanol–water partition coefficient (Wildman–Crippen LogP) is 1.28. The van der Waals surface area contributed by atoms with E-state index in [1.165, 1.54) is 39.3 Å². The highest BCUT2D eigenvalue weighted by atomic mass is 32.2. The van der Waals surface area contributed by atoms with Crippen molar-refractivity contribution in [1.82, 2.24) is 0 Å². The van der Waals surface area contributed by atoms with Crippen molar-refractivity contribution in [3.8, 4) is 5.75 Å². The number of hydrogen-bond acceptors (Lipinski definition) is 5. The molecule has 0 heterocycles. The summed E-state index contributed by atoms with van der Waals surface area (Å²) >= 11 is 0. The van der Waals surface area contributed by atoms with Gasteiger partial charge in [0.1, 0.15) is 11.3 Å². The number of sulfone groups is 1. The zero-order valence-corrected chi connectivity index (χ0v) is 10.7. The molecule has 0 amide bonds. The van der Waals surface area contributed by atoms with Crippen molar-refractivity contribution in [2.75, 3.05) is 20.0 Å². The largest absolute Gasteiger partial charge is 0.496 e. The van der Waals surface area contributed by atoms with Crippen molar-refractivity contribution in [2.24, 2.45) is 0 Å². The van der Waals surface area contributed by atoms with Crippen LogP contribution in [0.2, 0.25) is 0 Å². The maximum Gasteiger partial charge on any atom is 0.341 e. The minimum Gasteiger partial charge on any atom is -0.496 e. The second-order valence-corrected chi connectivity index (χ2v) is 5.54. The monoisotopic (exact) mass is 258 g/mol. The van der Waals surface area contributed by atoms with Crippen LogP contribution in [-0.2, 0) is 14.6 Å². The Hall–Kier alpha value is -1.56. The second kappa shape index (κ2) is 5.18. The summed E-state index contributed by atoms with van der Waals surface area (Å²) in [6.07, 6.45) is 0. The highest BCUT2D eigenvalue weighted by Gasteiger charge is 2.18. The van der Waals surface area contributed by atoms with Gasteiger partial charge >= 0.3 is 5.97 Å². The average molecular weight is 258 g/mol. The summed E-state index contributed by atoms with van der Waals surface area (Å²) in [6, 6.07) is 4.11.